The molecule has 148 valence electrons. The lowest BCUT2D eigenvalue weighted by molar-refractivity contribution is -0.143. The van der Waals surface area contributed by atoms with E-state index in [2.05, 4.69) is 25.2 Å². The van der Waals surface area contributed by atoms with E-state index in [9.17, 15) is 10.1 Å². The third-order valence-electron chi connectivity index (χ3n) is 5.02. The number of ether oxygens (including phenoxy) is 2. The van der Waals surface area contributed by atoms with Gasteiger partial charge in [0.1, 0.15) is 17.4 Å². The molecule has 1 aromatic rings. The lowest BCUT2D eigenvalue weighted by Gasteiger charge is -2.31. The van der Waals surface area contributed by atoms with Gasteiger partial charge in [-0.2, -0.15) is 5.26 Å². The van der Waals surface area contributed by atoms with Gasteiger partial charge in [-0.25, -0.2) is 0 Å². The van der Waals surface area contributed by atoms with Crippen molar-refractivity contribution in [3.05, 3.63) is 23.8 Å². The van der Waals surface area contributed by atoms with Crippen LogP contribution in [0.5, 0.6) is 5.75 Å². The summed E-state index contributed by atoms with van der Waals surface area (Å²) in [6.07, 6.45) is 8.67. The first-order valence-electron chi connectivity index (χ1n) is 10.3. The molecule has 1 saturated carbocycles. The first kappa shape index (κ1) is 21.2. The summed E-state index contributed by atoms with van der Waals surface area (Å²) in [6, 6.07) is 7.40. The molecule has 1 aromatic carbocycles. The van der Waals surface area contributed by atoms with Gasteiger partial charge < -0.3 is 14.8 Å². The molecule has 1 aliphatic rings. The third-order valence-corrected chi connectivity index (χ3v) is 5.02. The molecule has 0 radical (unpaired) electrons. The van der Waals surface area contributed by atoms with Crippen LogP contribution >= 0.6 is 0 Å². The second-order valence-corrected chi connectivity index (χ2v) is 7.24. The van der Waals surface area contributed by atoms with Crippen molar-refractivity contribution in [2.45, 2.75) is 77.2 Å². The van der Waals surface area contributed by atoms with Crippen molar-refractivity contribution in [1.82, 2.24) is 0 Å². The normalized spacial score (nSPS) is 16.2. The van der Waals surface area contributed by atoms with Gasteiger partial charge in [-0.15, -0.1) is 0 Å². The molecular formula is C22H32N2O3. The molecule has 0 spiro atoms. The van der Waals surface area contributed by atoms with Gasteiger partial charge in [0, 0.05) is 12.3 Å². The number of hydrogen-bond donors (Lipinski definition) is 1. The lowest BCUT2D eigenvalue weighted by Crippen LogP contribution is -2.45. The fourth-order valence-corrected chi connectivity index (χ4v) is 3.43. The molecule has 0 aromatic heterocycles. The van der Waals surface area contributed by atoms with E-state index < -0.39 is 5.60 Å². The van der Waals surface area contributed by atoms with E-state index in [1.165, 1.54) is 0 Å². The number of carbonyl (C=O) groups is 1. The number of amides is 1. The highest BCUT2D eigenvalue weighted by molar-refractivity contribution is 5.97. The molecular weight excluding hydrogens is 340 g/mol. The number of benzene rings is 1. The minimum Gasteiger partial charge on any atom is -0.492 e. The highest BCUT2D eigenvalue weighted by Gasteiger charge is 2.39. The van der Waals surface area contributed by atoms with Crippen molar-refractivity contribution < 1.29 is 14.3 Å². The third kappa shape index (κ3) is 5.97. The van der Waals surface area contributed by atoms with E-state index >= 15 is 0 Å². The van der Waals surface area contributed by atoms with Crippen LogP contribution in [-0.4, -0.2) is 24.7 Å². The summed E-state index contributed by atoms with van der Waals surface area (Å²) < 4.78 is 11.8. The maximum atomic E-state index is 13.1. The summed E-state index contributed by atoms with van der Waals surface area (Å²) in [6.45, 7) is 5.32. The van der Waals surface area contributed by atoms with Crippen LogP contribution in [0.2, 0.25) is 0 Å². The maximum Gasteiger partial charge on any atom is 0.256 e. The monoisotopic (exact) mass is 372 g/mol. The first-order valence-corrected chi connectivity index (χ1v) is 10.3. The van der Waals surface area contributed by atoms with Crippen molar-refractivity contribution in [2.24, 2.45) is 0 Å². The van der Waals surface area contributed by atoms with Crippen molar-refractivity contribution in [2.75, 3.05) is 18.5 Å². The molecule has 0 aliphatic heterocycles. The Balaban J connectivity index is 2.13. The minimum atomic E-state index is -0.754. The fraction of sp³-hybridized carbons (Fsp3) is 0.636. The predicted octanol–water partition coefficient (Wildman–Crippen LogP) is 5.20. The molecule has 0 unspecified atom stereocenters. The van der Waals surface area contributed by atoms with Gasteiger partial charge in [-0.05, 0) is 43.9 Å². The first-order chi connectivity index (χ1) is 13.1. The highest BCUT2D eigenvalue weighted by atomic mass is 16.5. The van der Waals surface area contributed by atoms with Gasteiger partial charge in [0.25, 0.3) is 5.91 Å². The number of carbonyl (C=O) groups excluding carboxylic acids is 1. The molecule has 1 N–H and O–H groups in total. The molecule has 0 atom stereocenters. The Labute approximate surface area is 163 Å². The van der Waals surface area contributed by atoms with E-state index in [4.69, 9.17) is 9.47 Å². The van der Waals surface area contributed by atoms with E-state index in [0.29, 0.717) is 30.2 Å². The summed E-state index contributed by atoms with van der Waals surface area (Å²) in [5.74, 6) is 0.469. The number of nitrogens with one attached hydrogen (secondary N) is 1. The van der Waals surface area contributed by atoms with E-state index in [1.54, 1.807) is 18.2 Å². The SMILES string of the molecule is CCCCOc1ccc(NC(=O)C2(OCCC)CCCCCC2)cc1C#N. The summed E-state index contributed by atoms with van der Waals surface area (Å²) in [7, 11) is 0. The van der Waals surface area contributed by atoms with Gasteiger partial charge in [0.05, 0.1) is 12.2 Å². The van der Waals surface area contributed by atoms with Gasteiger partial charge in [0.2, 0.25) is 0 Å². The van der Waals surface area contributed by atoms with Gasteiger partial charge in [-0.3, -0.25) is 4.79 Å². The molecule has 1 fully saturated rings. The number of anilines is 1. The molecule has 1 aliphatic carbocycles. The molecule has 1 amide bonds. The van der Waals surface area contributed by atoms with Crippen molar-refractivity contribution >= 4 is 11.6 Å². The number of unbranched alkanes of at least 4 members (excludes halogenated alkanes) is 1. The molecule has 5 nitrogen and oxygen atoms in total. The second kappa shape index (κ2) is 10.9. The number of nitrogens with zero attached hydrogens (tertiary/aromatic N) is 1. The van der Waals surface area contributed by atoms with Crippen LogP contribution in [0.1, 0.15) is 77.2 Å². The molecule has 2 rings (SSSR count). The number of hydrogen-bond acceptors (Lipinski definition) is 4. The van der Waals surface area contributed by atoms with Crippen molar-refractivity contribution in [3.63, 3.8) is 0 Å². The zero-order valence-corrected chi connectivity index (χ0v) is 16.7. The quantitative estimate of drug-likeness (QED) is 0.478. The summed E-state index contributed by atoms with van der Waals surface area (Å²) >= 11 is 0. The summed E-state index contributed by atoms with van der Waals surface area (Å²) in [4.78, 5) is 13.1. The average molecular weight is 373 g/mol. The number of nitriles is 1. The highest BCUT2D eigenvalue weighted by Crippen LogP contribution is 2.32. The van der Waals surface area contributed by atoms with Crippen LogP contribution in [0.15, 0.2) is 18.2 Å². The lowest BCUT2D eigenvalue weighted by atomic mass is 9.92. The second-order valence-electron chi connectivity index (χ2n) is 7.24. The van der Waals surface area contributed by atoms with Crippen molar-refractivity contribution in [1.29, 1.82) is 5.26 Å². The molecule has 0 saturated heterocycles. The Morgan fingerprint density at radius 3 is 2.52 bits per heavy atom. The molecule has 5 heteroatoms. The van der Waals surface area contributed by atoms with Gasteiger partial charge in [-0.1, -0.05) is 46.0 Å². The van der Waals surface area contributed by atoms with Crippen LogP contribution in [0, 0.1) is 11.3 Å². The van der Waals surface area contributed by atoms with E-state index in [0.717, 1.165) is 57.8 Å². The molecule has 27 heavy (non-hydrogen) atoms. The number of rotatable bonds is 9. The summed E-state index contributed by atoms with van der Waals surface area (Å²) in [5.41, 5.74) is 0.298. The summed E-state index contributed by atoms with van der Waals surface area (Å²) in [5, 5.41) is 12.4. The van der Waals surface area contributed by atoms with Crippen LogP contribution in [0.3, 0.4) is 0 Å². The largest absolute Gasteiger partial charge is 0.492 e. The maximum absolute atomic E-state index is 13.1. The Kier molecular flexibility index (Phi) is 8.60. The fourth-order valence-electron chi connectivity index (χ4n) is 3.43. The van der Waals surface area contributed by atoms with Crippen LogP contribution < -0.4 is 10.1 Å². The van der Waals surface area contributed by atoms with Crippen LogP contribution in [0.4, 0.5) is 5.69 Å². The van der Waals surface area contributed by atoms with E-state index in [1.807, 2.05) is 0 Å². The Hall–Kier alpha value is -2.06. The van der Waals surface area contributed by atoms with Gasteiger partial charge in [0.15, 0.2) is 0 Å². The Bertz CT molecular complexity index is 643. The smallest absolute Gasteiger partial charge is 0.256 e. The standard InChI is InChI=1S/C22H32N2O3/c1-3-5-15-26-20-11-10-19(16-18(20)17-23)24-21(25)22(27-14-4-2)12-8-6-7-9-13-22/h10-11,16H,3-9,12-15H2,1-2H3,(H,24,25). The van der Waals surface area contributed by atoms with Gasteiger partial charge >= 0.3 is 0 Å². The topological polar surface area (TPSA) is 71.3 Å². The molecule has 0 heterocycles. The van der Waals surface area contributed by atoms with Crippen LogP contribution in [-0.2, 0) is 9.53 Å². The average Bonchev–Trinajstić information content (AvgIpc) is 2.94. The zero-order valence-electron chi connectivity index (χ0n) is 16.7. The molecule has 0 bridgehead atoms. The zero-order chi connectivity index (χ0) is 19.5. The van der Waals surface area contributed by atoms with Crippen molar-refractivity contribution in [3.8, 4) is 11.8 Å². The Morgan fingerprint density at radius 1 is 1.15 bits per heavy atom. The predicted molar refractivity (Wildman–Crippen MR) is 107 cm³/mol. The minimum absolute atomic E-state index is 0.0959. The van der Waals surface area contributed by atoms with Crippen LogP contribution in [0.25, 0.3) is 0 Å². The Morgan fingerprint density at radius 2 is 1.89 bits per heavy atom. The van der Waals surface area contributed by atoms with E-state index in [-0.39, 0.29) is 5.91 Å².